The fourth-order valence-electron chi connectivity index (χ4n) is 1.77. The Morgan fingerprint density at radius 3 is 2.81 bits per heavy atom. The average Bonchev–Trinajstić information content (AvgIpc) is 2.73. The smallest absolute Gasteiger partial charge is 0.0802 e. The lowest BCUT2D eigenvalue weighted by molar-refractivity contribution is 1.34. The number of rotatable bonds is 1. The summed E-state index contributed by atoms with van der Waals surface area (Å²) >= 11 is 1.80. The number of thiophene rings is 1. The van der Waals surface area contributed by atoms with Crippen molar-refractivity contribution in [2.75, 3.05) is 0 Å². The Hall–Kier alpha value is -1.67. The van der Waals surface area contributed by atoms with Crippen molar-refractivity contribution >= 4 is 21.4 Å². The van der Waals surface area contributed by atoms with Gasteiger partial charge in [-0.15, -0.1) is 11.3 Å². The predicted octanol–water partition coefficient (Wildman–Crippen LogP) is 4.27. The van der Waals surface area contributed by atoms with Crippen LogP contribution < -0.4 is 0 Å². The van der Waals surface area contributed by atoms with Crippen LogP contribution in [0, 0.1) is 6.92 Å². The molecule has 16 heavy (non-hydrogen) atoms. The molecule has 0 aliphatic rings. The van der Waals surface area contributed by atoms with Crippen LogP contribution in [0.25, 0.3) is 20.7 Å². The molecule has 78 valence electrons. The molecular formula is C14H11NS. The highest BCUT2D eigenvalue weighted by Gasteiger charge is 2.04. The minimum atomic E-state index is 1.06. The quantitative estimate of drug-likeness (QED) is 0.602. The Kier molecular flexibility index (Phi) is 2.22. The second-order valence-electron chi connectivity index (χ2n) is 3.87. The summed E-state index contributed by atoms with van der Waals surface area (Å²) in [6.07, 6.45) is 1.84. The van der Waals surface area contributed by atoms with E-state index in [-0.39, 0.29) is 0 Å². The Balaban J connectivity index is 2.19. The van der Waals surface area contributed by atoms with E-state index < -0.39 is 0 Å². The zero-order chi connectivity index (χ0) is 11.0. The summed E-state index contributed by atoms with van der Waals surface area (Å²) in [6, 6.07) is 14.8. The Morgan fingerprint density at radius 1 is 1.06 bits per heavy atom. The molecule has 2 aromatic heterocycles. The standard InChI is InChI=1S/C14H11NS/c1-10-5-6-11-9-14(16-13(11)8-10)12-4-2-3-7-15-12/h2-9H,1H3. The number of pyridine rings is 1. The van der Waals surface area contributed by atoms with Gasteiger partial charge in [-0.2, -0.15) is 0 Å². The molecule has 0 radical (unpaired) electrons. The topological polar surface area (TPSA) is 12.9 Å². The van der Waals surface area contributed by atoms with E-state index in [0.29, 0.717) is 0 Å². The van der Waals surface area contributed by atoms with Crippen molar-refractivity contribution in [1.29, 1.82) is 0 Å². The van der Waals surface area contributed by atoms with Gasteiger partial charge >= 0.3 is 0 Å². The monoisotopic (exact) mass is 225 g/mol. The lowest BCUT2D eigenvalue weighted by Gasteiger charge is -1.92. The SMILES string of the molecule is Cc1ccc2cc(-c3ccccn3)sc2c1. The average molecular weight is 225 g/mol. The van der Waals surface area contributed by atoms with E-state index in [0.717, 1.165) is 5.69 Å². The van der Waals surface area contributed by atoms with Gasteiger partial charge in [-0.1, -0.05) is 18.2 Å². The van der Waals surface area contributed by atoms with Crippen LogP contribution in [0.2, 0.25) is 0 Å². The first-order valence-corrected chi connectivity index (χ1v) is 6.06. The molecule has 0 fully saturated rings. The third-order valence-corrected chi connectivity index (χ3v) is 3.71. The van der Waals surface area contributed by atoms with Gasteiger partial charge < -0.3 is 0 Å². The van der Waals surface area contributed by atoms with Gasteiger partial charge in [0.05, 0.1) is 10.6 Å². The molecule has 0 unspecified atom stereocenters. The Bertz CT molecular complexity index is 626. The molecule has 0 atom stereocenters. The number of aryl methyl sites for hydroxylation is 1. The van der Waals surface area contributed by atoms with Gasteiger partial charge in [0.25, 0.3) is 0 Å². The fourth-order valence-corrected chi connectivity index (χ4v) is 2.91. The molecule has 1 nitrogen and oxygen atoms in total. The van der Waals surface area contributed by atoms with Crippen LogP contribution in [0.4, 0.5) is 0 Å². The lowest BCUT2D eigenvalue weighted by atomic mass is 10.2. The van der Waals surface area contributed by atoms with Crippen molar-refractivity contribution < 1.29 is 0 Å². The second-order valence-corrected chi connectivity index (χ2v) is 4.95. The highest BCUT2D eigenvalue weighted by atomic mass is 32.1. The van der Waals surface area contributed by atoms with Gasteiger partial charge in [-0.05, 0) is 42.1 Å². The minimum absolute atomic E-state index is 1.06. The molecule has 2 heterocycles. The fraction of sp³-hybridized carbons (Fsp3) is 0.0714. The largest absolute Gasteiger partial charge is 0.255 e. The van der Waals surface area contributed by atoms with E-state index in [4.69, 9.17) is 0 Å². The minimum Gasteiger partial charge on any atom is -0.255 e. The summed E-state index contributed by atoms with van der Waals surface area (Å²) in [5, 5.41) is 1.30. The van der Waals surface area contributed by atoms with Gasteiger partial charge in [-0.25, -0.2) is 0 Å². The van der Waals surface area contributed by atoms with Crippen LogP contribution in [-0.2, 0) is 0 Å². The number of aromatic nitrogens is 1. The normalized spacial score (nSPS) is 10.8. The summed E-state index contributed by atoms with van der Waals surface area (Å²) < 4.78 is 1.33. The molecule has 0 spiro atoms. The van der Waals surface area contributed by atoms with Crippen molar-refractivity contribution in [1.82, 2.24) is 4.98 Å². The first-order chi connectivity index (χ1) is 7.83. The van der Waals surface area contributed by atoms with Gasteiger partial charge in [0.15, 0.2) is 0 Å². The van der Waals surface area contributed by atoms with E-state index in [1.54, 1.807) is 11.3 Å². The number of fused-ring (bicyclic) bond motifs is 1. The maximum atomic E-state index is 4.38. The van der Waals surface area contributed by atoms with E-state index in [2.05, 4.69) is 42.2 Å². The maximum Gasteiger partial charge on any atom is 0.0802 e. The van der Waals surface area contributed by atoms with Crippen LogP contribution in [0.15, 0.2) is 48.7 Å². The molecule has 0 N–H and O–H groups in total. The molecular weight excluding hydrogens is 214 g/mol. The summed E-state index contributed by atoms with van der Waals surface area (Å²) in [5.41, 5.74) is 2.36. The molecule has 0 bridgehead atoms. The van der Waals surface area contributed by atoms with Crippen molar-refractivity contribution in [2.45, 2.75) is 6.92 Å². The molecule has 0 saturated carbocycles. The lowest BCUT2D eigenvalue weighted by Crippen LogP contribution is -1.75. The maximum absolute atomic E-state index is 4.38. The van der Waals surface area contributed by atoms with Crippen molar-refractivity contribution in [3.8, 4) is 10.6 Å². The Morgan fingerprint density at radius 2 is 2.00 bits per heavy atom. The zero-order valence-electron chi connectivity index (χ0n) is 8.97. The summed E-state index contributed by atoms with van der Waals surface area (Å²) in [5.74, 6) is 0. The van der Waals surface area contributed by atoms with Gasteiger partial charge in [-0.3, -0.25) is 4.98 Å². The van der Waals surface area contributed by atoms with Crippen LogP contribution in [0.1, 0.15) is 5.56 Å². The summed E-state index contributed by atoms with van der Waals surface area (Å²) in [7, 11) is 0. The molecule has 0 aliphatic carbocycles. The zero-order valence-corrected chi connectivity index (χ0v) is 9.79. The van der Waals surface area contributed by atoms with Crippen LogP contribution in [0.3, 0.4) is 0 Å². The van der Waals surface area contributed by atoms with E-state index >= 15 is 0 Å². The molecule has 0 aliphatic heterocycles. The molecule has 0 saturated heterocycles. The van der Waals surface area contributed by atoms with Crippen molar-refractivity contribution in [3.05, 3.63) is 54.2 Å². The first-order valence-electron chi connectivity index (χ1n) is 5.24. The number of benzene rings is 1. The van der Waals surface area contributed by atoms with Crippen LogP contribution in [0.5, 0.6) is 0 Å². The van der Waals surface area contributed by atoms with E-state index in [1.165, 1.54) is 20.5 Å². The predicted molar refractivity (Wildman–Crippen MR) is 69.8 cm³/mol. The van der Waals surface area contributed by atoms with Gasteiger partial charge in [0, 0.05) is 10.9 Å². The highest BCUT2D eigenvalue weighted by molar-refractivity contribution is 7.22. The molecule has 3 aromatic rings. The third-order valence-electron chi connectivity index (χ3n) is 2.59. The van der Waals surface area contributed by atoms with Crippen molar-refractivity contribution in [2.24, 2.45) is 0 Å². The third kappa shape index (κ3) is 1.61. The van der Waals surface area contributed by atoms with Crippen LogP contribution in [-0.4, -0.2) is 4.98 Å². The first kappa shape index (κ1) is 9.55. The molecule has 0 amide bonds. The molecule has 2 heteroatoms. The summed E-state index contributed by atoms with van der Waals surface area (Å²) in [4.78, 5) is 5.61. The van der Waals surface area contributed by atoms with Crippen LogP contribution >= 0.6 is 11.3 Å². The van der Waals surface area contributed by atoms with Crippen molar-refractivity contribution in [3.63, 3.8) is 0 Å². The highest BCUT2D eigenvalue weighted by Crippen LogP contribution is 2.32. The molecule has 3 rings (SSSR count). The number of nitrogens with zero attached hydrogens (tertiary/aromatic N) is 1. The number of hydrogen-bond donors (Lipinski definition) is 0. The molecule has 1 aromatic carbocycles. The van der Waals surface area contributed by atoms with Gasteiger partial charge in [0.1, 0.15) is 0 Å². The Labute approximate surface area is 98.4 Å². The van der Waals surface area contributed by atoms with Gasteiger partial charge in [0.2, 0.25) is 0 Å². The number of hydrogen-bond acceptors (Lipinski definition) is 2. The van der Waals surface area contributed by atoms with E-state index in [1.807, 2.05) is 18.3 Å². The van der Waals surface area contributed by atoms with E-state index in [9.17, 15) is 0 Å². The second kappa shape index (κ2) is 3.72. The summed E-state index contributed by atoms with van der Waals surface area (Å²) in [6.45, 7) is 2.12.